The second-order valence-corrected chi connectivity index (χ2v) is 29.8. The number of nitrogens with two attached hydrogens (primary N) is 2. The van der Waals surface area contributed by atoms with Crippen molar-refractivity contribution in [2.45, 2.75) is 67.6 Å². The van der Waals surface area contributed by atoms with Crippen LogP contribution in [0.1, 0.15) is 56.4 Å². The Morgan fingerprint density at radius 2 is 0.807 bits per heavy atom. The van der Waals surface area contributed by atoms with E-state index in [0.29, 0.717) is 72.8 Å². The van der Waals surface area contributed by atoms with Crippen LogP contribution in [0.4, 0.5) is 43.4 Å². The molecular weight excluding hydrogens is 1540 g/mol. The molecule has 1 saturated heterocycles. The largest absolute Gasteiger partial charge is 0.498 e. The molecule has 109 heavy (non-hydrogen) atoms. The number of pyridine rings is 3. The normalized spacial score (nSPS) is 12.8. The molecule has 0 unspecified atom stereocenters. The maximum Gasteiger partial charge on any atom is 0.498 e. The second kappa shape index (κ2) is 35.9. The Morgan fingerprint density at radius 3 is 1.21 bits per heavy atom. The van der Waals surface area contributed by atoms with E-state index in [-0.39, 0.29) is 60.2 Å². The van der Waals surface area contributed by atoms with Crippen molar-refractivity contribution in [3.05, 3.63) is 294 Å². The first-order valence-corrected chi connectivity index (χ1v) is 37.0. The van der Waals surface area contributed by atoms with E-state index in [1.165, 1.54) is 51.6 Å². The van der Waals surface area contributed by atoms with Crippen molar-refractivity contribution < 1.29 is 66.7 Å². The van der Waals surface area contributed by atoms with Gasteiger partial charge in [-0.2, -0.15) is 0 Å². The molecule has 0 aliphatic carbocycles. The smallest absolute Gasteiger partial charge is 0.455 e. The van der Waals surface area contributed by atoms with E-state index in [4.69, 9.17) is 45.7 Å². The van der Waals surface area contributed by atoms with Gasteiger partial charge >= 0.3 is 7.12 Å². The van der Waals surface area contributed by atoms with Crippen LogP contribution in [0.15, 0.2) is 242 Å². The van der Waals surface area contributed by atoms with Gasteiger partial charge in [-0.3, -0.25) is 19.1 Å². The number of anilines is 3. The van der Waals surface area contributed by atoms with Gasteiger partial charge < -0.3 is 48.7 Å². The van der Waals surface area contributed by atoms with E-state index in [1.807, 2.05) is 64.1 Å². The molecule has 0 amide bonds. The lowest BCUT2D eigenvalue weighted by molar-refractivity contribution is 0.00578. The Bertz CT molecular complexity index is 5850. The third-order valence-corrected chi connectivity index (χ3v) is 19.2. The summed E-state index contributed by atoms with van der Waals surface area (Å²) in [7, 11) is 1.87. The molecule has 0 atom stereocenters. The van der Waals surface area contributed by atoms with Gasteiger partial charge in [-0.15, -0.1) is 0 Å². The highest BCUT2D eigenvalue weighted by Gasteiger charge is 2.52. The van der Waals surface area contributed by atoms with Gasteiger partial charge in [0.15, 0.2) is 34.7 Å². The summed E-state index contributed by atoms with van der Waals surface area (Å²) in [5.74, 6) is -4.17. The van der Waals surface area contributed by atoms with Crippen LogP contribution in [0.25, 0.3) is 54.6 Å². The zero-order valence-corrected chi connectivity index (χ0v) is 62.6. The molecule has 0 saturated carbocycles. The van der Waals surface area contributed by atoms with Crippen LogP contribution >= 0.6 is 26.6 Å². The molecule has 13 rings (SSSR count). The molecule has 4 heterocycles. The number of aryl methyl sites for hydroxylation is 3. The molecule has 1 aliphatic heterocycles. The number of hydrogen-bond acceptors (Lipinski definition) is 14. The number of sulfonamides is 1. The summed E-state index contributed by atoms with van der Waals surface area (Å²) in [5, 5.41) is 5.97. The molecular formula is C80H77BBrClF6N6O12S2. The van der Waals surface area contributed by atoms with E-state index < -0.39 is 72.3 Å². The van der Waals surface area contributed by atoms with Crippen molar-refractivity contribution in [3.63, 3.8) is 0 Å². The number of nitrogens with zero attached hydrogens (tertiary/aromatic N) is 3. The predicted octanol–water partition coefficient (Wildman–Crippen LogP) is 18.7. The van der Waals surface area contributed by atoms with E-state index in [0.717, 1.165) is 67.8 Å². The van der Waals surface area contributed by atoms with E-state index in [2.05, 4.69) is 20.7 Å². The quantitative estimate of drug-likeness (QED) is 0.0421. The van der Waals surface area contributed by atoms with Crippen LogP contribution < -0.4 is 52.5 Å². The van der Waals surface area contributed by atoms with E-state index >= 15 is 0 Å². The number of nitrogens with one attached hydrogen (secondary N) is 1. The van der Waals surface area contributed by atoms with Gasteiger partial charge in [0, 0.05) is 150 Å². The number of allylic oxidation sites excluding steroid dienone is 2. The topological polar surface area (TPSA) is 244 Å². The van der Waals surface area contributed by atoms with Crippen molar-refractivity contribution in [1.82, 2.24) is 13.7 Å². The van der Waals surface area contributed by atoms with Crippen molar-refractivity contribution in [3.8, 4) is 56.8 Å². The summed E-state index contributed by atoms with van der Waals surface area (Å²) in [4.78, 5) is 36.7. The van der Waals surface area contributed by atoms with Crippen LogP contribution in [-0.2, 0) is 49.5 Å². The number of hydrogen-bond donors (Lipinski definition) is 3. The summed E-state index contributed by atoms with van der Waals surface area (Å²) in [6.07, 6.45) is 7.82. The first kappa shape index (κ1) is 85.4. The fraction of sp³-hybridized carbons (Fsp3) is 0.163. The third-order valence-electron chi connectivity index (χ3n) is 16.5. The monoisotopic (exact) mass is 1620 g/mol. The summed E-state index contributed by atoms with van der Waals surface area (Å²) in [6.45, 7) is 10.9. The Morgan fingerprint density at radius 1 is 0.459 bits per heavy atom. The van der Waals surface area contributed by atoms with E-state index in [9.17, 15) is 57.6 Å². The zero-order valence-electron chi connectivity index (χ0n) is 58.7. The number of benzene rings is 9. The average molecular weight is 1620 g/mol. The van der Waals surface area contributed by atoms with Crippen molar-refractivity contribution in [2.24, 2.45) is 21.1 Å². The van der Waals surface area contributed by atoms with Crippen LogP contribution in [0.3, 0.4) is 0 Å². The molecule has 12 aromatic rings. The van der Waals surface area contributed by atoms with Gasteiger partial charge in [-0.05, 0) is 177 Å². The Kier molecular flexibility index (Phi) is 28.1. The van der Waals surface area contributed by atoms with Gasteiger partial charge in [-0.1, -0.05) is 81.6 Å². The molecule has 570 valence electrons. The highest BCUT2D eigenvalue weighted by molar-refractivity contribution is 9.10. The first-order valence-electron chi connectivity index (χ1n) is 32.3. The minimum Gasteiger partial charge on any atom is -0.455 e. The predicted molar refractivity (Wildman–Crippen MR) is 427 cm³/mol. The minimum absolute atomic E-state index is 0. The van der Waals surface area contributed by atoms with Gasteiger partial charge in [0.25, 0.3) is 35.8 Å². The first-order chi connectivity index (χ1) is 50.5. The third kappa shape index (κ3) is 21.1. The average Bonchev–Trinajstić information content (AvgIpc) is 1.76. The molecule has 5 N–H and O–H groups in total. The summed E-state index contributed by atoms with van der Waals surface area (Å²) in [5.41, 5.74) is 14.5. The number of rotatable bonds is 13. The number of aromatic nitrogens is 3. The molecule has 9 aromatic carbocycles. The van der Waals surface area contributed by atoms with Crippen molar-refractivity contribution >= 4 is 108 Å². The van der Waals surface area contributed by atoms with Crippen LogP contribution in [-0.4, -0.2) is 48.9 Å². The number of halogens is 8. The number of fused-ring (bicyclic) bond motifs is 3. The lowest BCUT2D eigenvalue weighted by Crippen LogP contribution is -2.41. The summed E-state index contributed by atoms with van der Waals surface area (Å²) >= 11 is 3.42. The standard InChI is InChI=1S/C25H20F2N2O4S.C22H16F2N2O2.C18H20BF2NO3.C10H8BrNO.C3H5ClO2S.2CH4/c1-3-12-34(31,32)28-17-9-11-23(33-24-10-8-16(26)13-22(24)27)20(14-17)21-15-29(2)25(30)19-7-5-4-6-18(19)21;1-26-12-18(15-4-2-3-5-16(15)22(26)27)17-11-14(25)7-9-20(17)28-21-8-6-13(23)10-19(21)24;1-17(2)18(3,4)25-19(24-17)13-10-12(22)6-8-15(13)23-16-7-5-11(20)9-14(16)21;1-12-6-9(11)7-4-2-3-5-8(7)10(12)13;1-2-3-7(4,5)6;;/h3-15,28H,1-2H3;2-12H,25H2,1H3;5-10H,22H2,1-4H3;2-6H,1H3;2-3H,1H3;2*1H4/b12-3+;;;;3-2+;;. The molecule has 0 radical (unpaired) electrons. The van der Waals surface area contributed by atoms with Gasteiger partial charge in [0.05, 0.1) is 11.2 Å². The van der Waals surface area contributed by atoms with Crippen LogP contribution in [0.5, 0.6) is 34.5 Å². The lowest BCUT2D eigenvalue weighted by atomic mass is 9.78. The van der Waals surface area contributed by atoms with Crippen molar-refractivity contribution in [1.29, 1.82) is 0 Å². The molecule has 29 heteroatoms. The fourth-order valence-electron chi connectivity index (χ4n) is 10.8. The van der Waals surface area contributed by atoms with Crippen LogP contribution in [0, 0.1) is 34.9 Å². The molecule has 0 spiro atoms. The SMILES string of the molecule is C.C.C/C=C/S(=O)(=O)Cl.C/C=C/S(=O)(=O)Nc1ccc(Oc2ccc(F)cc2F)c(-c2cn(C)c(=O)c3ccccc23)c1.CC1(C)OB(c2cc(N)ccc2Oc2ccc(F)cc2F)OC1(C)C.Cn1cc(-c2cc(N)ccc2Oc2ccc(F)cc2F)c2ccccc2c1=O.Cn1cc(Br)c2ccccc2c1=O. The molecule has 1 fully saturated rings. The molecule has 0 bridgehead atoms. The Balaban J connectivity index is 0.000000202. The van der Waals surface area contributed by atoms with Gasteiger partial charge in [-0.25, -0.2) is 43.2 Å². The van der Waals surface area contributed by atoms with Crippen molar-refractivity contribution in [2.75, 3.05) is 16.2 Å². The van der Waals surface area contributed by atoms with E-state index in [1.54, 1.807) is 131 Å². The molecule has 3 aromatic heterocycles. The molecule has 1 aliphatic rings. The number of nitrogen functional groups attached to an aromatic ring is 2. The minimum atomic E-state index is -3.75. The highest BCUT2D eigenvalue weighted by Crippen LogP contribution is 2.42. The molecule has 18 nitrogen and oxygen atoms in total. The maximum atomic E-state index is 14.3. The van der Waals surface area contributed by atoms with Crippen LogP contribution in [0.2, 0.25) is 0 Å². The lowest BCUT2D eigenvalue weighted by Gasteiger charge is -2.32. The summed E-state index contributed by atoms with van der Waals surface area (Å²) < 4.78 is 163. The van der Waals surface area contributed by atoms with Gasteiger partial charge in [0.2, 0.25) is 0 Å². The maximum absolute atomic E-state index is 14.3. The summed E-state index contributed by atoms with van der Waals surface area (Å²) in [6, 6.07) is 45.2. The fourth-order valence-corrected chi connectivity index (χ4v) is 12.9. The Labute approximate surface area is 639 Å². The highest BCUT2D eigenvalue weighted by atomic mass is 79.9. The number of ether oxygens (including phenoxy) is 3. The Hall–Kier alpha value is -10.9. The zero-order chi connectivity index (χ0) is 78.0. The second-order valence-electron chi connectivity index (χ2n) is 24.9. The van der Waals surface area contributed by atoms with Gasteiger partial charge in [0.1, 0.15) is 34.7 Å².